The fraction of sp³-hybridized carbons (Fsp3) is 0.875. The van der Waals surface area contributed by atoms with E-state index in [1.54, 1.807) is 13.8 Å². The van der Waals surface area contributed by atoms with Crippen LogP contribution in [0, 0.1) is 0 Å². The highest BCUT2D eigenvalue weighted by atomic mass is 19.4. The van der Waals surface area contributed by atoms with E-state index in [0.29, 0.717) is 0 Å². The summed E-state index contributed by atoms with van der Waals surface area (Å²) in [7, 11) is 0. The van der Waals surface area contributed by atoms with Gasteiger partial charge in [0.25, 0.3) is 0 Å². The first kappa shape index (κ1) is 21.2. The summed E-state index contributed by atoms with van der Waals surface area (Å²) in [4.78, 5) is 9.38. The number of aliphatic hydroxyl groups is 2. The number of hydrogen-bond donors (Lipinski definition) is 4. The topological polar surface area (TPSA) is 89.8 Å². The van der Waals surface area contributed by atoms with Crippen molar-refractivity contribution in [1.29, 1.82) is 0 Å². The van der Waals surface area contributed by atoms with Gasteiger partial charge in [-0.05, 0) is 13.8 Å². The number of carboxylic acids is 1. The summed E-state index contributed by atoms with van der Waals surface area (Å²) in [6.07, 6.45) is -7.85. The highest BCUT2D eigenvalue weighted by molar-refractivity contribution is 5.76. The summed E-state index contributed by atoms with van der Waals surface area (Å²) in [5.74, 6) is -16.3. The molecule has 0 radical (unpaired) electrons. The van der Waals surface area contributed by atoms with E-state index in [1.807, 2.05) is 0 Å². The number of alkyl halides is 7. The Morgan fingerprint density at radius 2 is 1.25 bits per heavy atom. The molecule has 0 bridgehead atoms. The van der Waals surface area contributed by atoms with Crippen LogP contribution < -0.4 is 5.32 Å². The fourth-order valence-electron chi connectivity index (χ4n) is 0.661. The average molecular weight is 319 g/mol. The lowest BCUT2D eigenvalue weighted by Crippen LogP contribution is -2.56. The van der Waals surface area contributed by atoms with Gasteiger partial charge >= 0.3 is 24.0 Å². The van der Waals surface area contributed by atoms with Gasteiger partial charge in [0, 0.05) is 0 Å². The summed E-state index contributed by atoms with van der Waals surface area (Å²) in [6.45, 7) is 3.10. The van der Waals surface area contributed by atoms with Crippen molar-refractivity contribution < 1.29 is 50.8 Å². The third kappa shape index (κ3) is 5.88. The molecule has 5 nitrogen and oxygen atoms in total. The predicted molar refractivity (Wildman–Crippen MR) is 50.1 cm³/mol. The van der Waals surface area contributed by atoms with E-state index in [1.165, 1.54) is 0 Å². The number of carbonyl (C=O) groups is 1. The normalized spacial score (nSPS) is 15.9. The van der Waals surface area contributed by atoms with Crippen molar-refractivity contribution in [2.75, 3.05) is 0 Å². The van der Waals surface area contributed by atoms with Crippen molar-refractivity contribution in [3.63, 3.8) is 0 Å². The first-order valence-corrected chi connectivity index (χ1v) is 4.75. The summed E-state index contributed by atoms with van der Waals surface area (Å²) >= 11 is 0. The quantitative estimate of drug-likeness (QED) is 0.461. The number of aliphatic hydroxyl groups excluding tert-OH is 2. The van der Waals surface area contributed by atoms with Crippen molar-refractivity contribution in [3.05, 3.63) is 0 Å². The van der Waals surface area contributed by atoms with Gasteiger partial charge < -0.3 is 15.3 Å². The molecule has 0 aromatic heterocycles. The van der Waals surface area contributed by atoms with E-state index >= 15 is 0 Å². The minimum Gasteiger partial charge on any atom is -0.477 e. The smallest absolute Gasteiger partial charge is 0.460 e. The molecule has 0 fully saturated rings. The van der Waals surface area contributed by atoms with E-state index in [0.717, 1.165) is 0 Å². The molecule has 0 saturated heterocycles. The minimum absolute atomic E-state index is 0.625. The number of nitrogens with one attached hydrogen (secondary N) is 1. The van der Waals surface area contributed by atoms with Crippen LogP contribution in [0.25, 0.3) is 0 Å². The van der Waals surface area contributed by atoms with Crippen molar-refractivity contribution in [2.24, 2.45) is 0 Å². The Bertz CT molecular complexity index is 310. The molecule has 0 aliphatic heterocycles. The van der Waals surface area contributed by atoms with Crippen LogP contribution >= 0.6 is 0 Å². The average Bonchev–Trinajstić information content (AvgIpc) is 2.13. The molecule has 0 heterocycles. The molecule has 0 aromatic rings. The molecule has 0 amide bonds. The molecule has 0 saturated carbocycles. The second-order valence-electron chi connectivity index (χ2n) is 3.47. The third-order valence-electron chi connectivity index (χ3n) is 1.50. The molecule has 12 heteroatoms. The maximum Gasteiger partial charge on any atom is 0.460 e. The lowest BCUT2D eigenvalue weighted by atomic mass is 10.1. The molecule has 0 aliphatic carbocycles. The highest BCUT2D eigenvalue weighted by Gasteiger charge is 2.76. The summed E-state index contributed by atoms with van der Waals surface area (Å²) in [5.41, 5.74) is 0. The first-order valence-electron chi connectivity index (χ1n) is 4.75. The van der Waals surface area contributed by atoms with E-state index < -0.39 is 36.4 Å². The summed E-state index contributed by atoms with van der Waals surface area (Å²) in [6, 6.07) is 0. The van der Waals surface area contributed by atoms with E-state index in [-0.39, 0.29) is 0 Å². The van der Waals surface area contributed by atoms with Crippen LogP contribution in [0.5, 0.6) is 0 Å². The Hall–Kier alpha value is -1.14. The van der Waals surface area contributed by atoms with Gasteiger partial charge in [-0.2, -0.15) is 30.7 Å². The van der Waals surface area contributed by atoms with Crippen LogP contribution in [0.2, 0.25) is 0 Å². The molecule has 0 aliphatic rings. The third-order valence-corrected chi connectivity index (χ3v) is 1.50. The lowest BCUT2D eigenvalue weighted by molar-refractivity contribution is -0.347. The van der Waals surface area contributed by atoms with Crippen molar-refractivity contribution in [2.45, 2.75) is 44.3 Å². The maximum atomic E-state index is 11.8. The molecular formula is C8H12F7NO4. The molecule has 4 N–H and O–H groups in total. The molecule has 0 aromatic carbocycles. The molecule has 0 rings (SSSR count). The van der Waals surface area contributed by atoms with E-state index in [4.69, 9.17) is 15.3 Å². The van der Waals surface area contributed by atoms with Crippen molar-refractivity contribution in [1.82, 2.24) is 5.32 Å². The van der Waals surface area contributed by atoms with Crippen molar-refractivity contribution >= 4 is 5.97 Å². The Morgan fingerprint density at radius 3 is 1.30 bits per heavy atom. The lowest BCUT2D eigenvalue weighted by Gasteiger charge is -2.24. The number of hydrogen-bond acceptors (Lipinski definition) is 4. The molecule has 20 heavy (non-hydrogen) atoms. The van der Waals surface area contributed by atoms with Crippen LogP contribution in [-0.2, 0) is 4.79 Å². The van der Waals surface area contributed by atoms with Gasteiger partial charge in [-0.15, -0.1) is 0 Å². The Kier molecular flexibility index (Phi) is 7.45. The predicted octanol–water partition coefficient (Wildman–Crippen LogP) is 1.16. The van der Waals surface area contributed by atoms with E-state index in [2.05, 4.69) is 5.32 Å². The minimum atomic E-state index is -6.60. The number of carboxylic acid groups (broad SMARTS) is 1. The van der Waals surface area contributed by atoms with Crippen LogP contribution in [0.15, 0.2) is 0 Å². The van der Waals surface area contributed by atoms with Crippen molar-refractivity contribution in [3.8, 4) is 0 Å². The molecule has 2 unspecified atom stereocenters. The Morgan fingerprint density at radius 1 is 0.950 bits per heavy atom. The van der Waals surface area contributed by atoms with E-state index in [9.17, 15) is 35.5 Å². The number of aliphatic carboxylic acids is 1. The second-order valence-corrected chi connectivity index (χ2v) is 3.47. The van der Waals surface area contributed by atoms with Gasteiger partial charge in [0.05, 0.1) is 0 Å². The zero-order valence-corrected chi connectivity index (χ0v) is 10.1. The number of halogens is 7. The highest BCUT2D eigenvalue weighted by Crippen LogP contribution is 2.46. The molecule has 0 spiro atoms. The second kappa shape index (κ2) is 7.04. The van der Waals surface area contributed by atoms with Gasteiger partial charge in [0.15, 0.2) is 0 Å². The van der Waals surface area contributed by atoms with Crippen LogP contribution in [-0.4, -0.2) is 51.8 Å². The number of rotatable bonds is 4. The summed E-state index contributed by atoms with van der Waals surface area (Å²) in [5, 5.41) is 26.7. The van der Waals surface area contributed by atoms with Crippen LogP contribution in [0.3, 0.4) is 0 Å². The zero-order valence-electron chi connectivity index (χ0n) is 10.1. The monoisotopic (exact) mass is 319 g/mol. The standard InChI is InChI=1S/C4HF7O2.C4H11NO2/c5-2(6,1(12)13)3(7,8)4(9,10)11;1-3(6)5-4(2)7/h(H,12,13);3-7H,1-2H3. The zero-order chi connectivity index (χ0) is 16.9. The Labute approximate surface area is 108 Å². The Balaban J connectivity index is 0. The van der Waals surface area contributed by atoms with Gasteiger partial charge in [0.1, 0.15) is 12.5 Å². The molecule has 2 atom stereocenters. The summed E-state index contributed by atoms with van der Waals surface area (Å²) < 4.78 is 80.5. The van der Waals surface area contributed by atoms with Gasteiger partial charge in [-0.3, -0.25) is 5.32 Å². The van der Waals surface area contributed by atoms with Gasteiger partial charge in [-0.1, -0.05) is 0 Å². The maximum absolute atomic E-state index is 11.8. The molecular weight excluding hydrogens is 307 g/mol. The van der Waals surface area contributed by atoms with Crippen LogP contribution in [0.1, 0.15) is 13.8 Å². The SMILES string of the molecule is CC(O)NC(C)O.O=C(O)C(F)(F)C(F)(F)C(F)(F)F. The first-order chi connectivity index (χ1) is 8.57. The van der Waals surface area contributed by atoms with Gasteiger partial charge in [-0.25, -0.2) is 4.79 Å². The molecule has 122 valence electrons. The largest absolute Gasteiger partial charge is 0.477 e. The fourth-order valence-corrected chi connectivity index (χ4v) is 0.661. The van der Waals surface area contributed by atoms with Gasteiger partial charge in [0.2, 0.25) is 0 Å². The van der Waals surface area contributed by atoms with Crippen LogP contribution in [0.4, 0.5) is 30.7 Å².